The molecule has 1 aromatic heterocycles. The molecule has 29 heavy (non-hydrogen) atoms. The van der Waals surface area contributed by atoms with Crippen molar-refractivity contribution >= 4 is 27.9 Å². The van der Waals surface area contributed by atoms with Crippen LogP contribution in [0, 0.1) is 5.92 Å². The Morgan fingerprint density at radius 2 is 2.03 bits per heavy atom. The van der Waals surface area contributed by atoms with Gasteiger partial charge in [-0.15, -0.1) is 0 Å². The number of alkyl carbamates (subject to hydrolysis) is 1. The fourth-order valence-corrected chi connectivity index (χ4v) is 3.63. The predicted octanol–water partition coefficient (Wildman–Crippen LogP) is 2.69. The Balaban J connectivity index is 1.83. The van der Waals surface area contributed by atoms with Crippen LogP contribution in [-0.2, 0) is 9.53 Å². The van der Waals surface area contributed by atoms with Crippen LogP contribution in [0.2, 0.25) is 0 Å². The summed E-state index contributed by atoms with van der Waals surface area (Å²) >= 11 is 3.44. The third-order valence-electron chi connectivity index (χ3n) is 4.97. The number of imidazole rings is 1. The molecule has 3 N–H and O–H groups in total. The summed E-state index contributed by atoms with van der Waals surface area (Å²) < 4.78 is 5.69. The number of carbonyl (C=O) groups is 2. The zero-order valence-corrected chi connectivity index (χ0v) is 18.3. The second kappa shape index (κ2) is 9.41. The summed E-state index contributed by atoms with van der Waals surface area (Å²) in [7, 11) is 1.29. The van der Waals surface area contributed by atoms with Crippen LogP contribution in [0.3, 0.4) is 0 Å². The SMILES string of the molecule is COC(=O)NC(C(=O)N1CCNCC1c1nc(-c2ccc(Br)cc2)c[nH]1)C(C)C. The van der Waals surface area contributed by atoms with Crippen molar-refractivity contribution in [2.75, 3.05) is 26.7 Å². The van der Waals surface area contributed by atoms with Crippen LogP contribution in [0.4, 0.5) is 4.79 Å². The highest BCUT2D eigenvalue weighted by Gasteiger charge is 2.36. The lowest BCUT2D eigenvalue weighted by Crippen LogP contribution is -2.57. The van der Waals surface area contributed by atoms with Crippen molar-refractivity contribution < 1.29 is 14.3 Å². The van der Waals surface area contributed by atoms with E-state index in [1.54, 1.807) is 4.90 Å². The maximum Gasteiger partial charge on any atom is 0.407 e. The summed E-state index contributed by atoms with van der Waals surface area (Å²) in [6, 6.07) is 6.99. The Morgan fingerprint density at radius 3 is 2.69 bits per heavy atom. The van der Waals surface area contributed by atoms with E-state index >= 15 is 0 Å². The van der Waals surface area contributed by atoms with Gasteiger partial charge in [0.2, 0.25) is 5.91 Å². The van der Waals surface area contributed by atoms with Crippen molar-refractivity contribution in [1.29, 1.82) is 0 Å². The summed E-state index contributed by atoms with van der Waals surface area (Å²) in [5.41, 5.74) is 1.81. The molecule has 1 aromatic carbocycles. The van der Waals surface area contributed by atoms with Gasteiger partial charge in [-0.3, -0.25) is 4.79 Å². The van der Waals surface area contributed by atoms with Crippen LogP contribution < -0.4 is 10.6 Å². The van der Waals surface area contributed by atoms with Gasteiger partial charge in [0.25, 0.3) is 0 Å². The summed E-state index contributed by atoms with van der Waals surface area (Å²) in [6.07, 6.45) is 1.24. The van der Waals surface area contributed by atoms with Gasteiger partial charge in [0.15, 0.2) is 0 Å². The van der Waals surface area contributed by atoms with Gasteiger partial charge in [-0.2, -0.15) is 0 Å². The number of rotatable bonds is 5. The van der Waals surface area contributed by atoms with E-state index in [4.69, 9.17) is 4.98 Å². The van der Waals surface area contributed by atoms with Gasteiger partial charge in [-0.1, -0.05) is 41.9 Å². The normalized spacial score (nSPS) is 17.8. The largest absolute Gasteiger partial charge is 0.453 e. The van der Waals surface area contributed by atoms with Crippen LogP contribution in [0.15, 0.2) is 34.9 Å². The number of nitrogens with zero attached hydrogens (tertiary/aromatic N) is 2. The van der Waals surface area contributed by atoms with E-state index in [1.807, 2.05) is 44.3 Å². The van der Waals surface area contributed by atoms with Crippen molar-refractivity contribution in [2.24, 2.45) is 5.92 Å². The molecule has 2 aromatic rings. The molecule has 2 unspecified atom stereocenters. The Kier molecular flexibility index (Phi) is 6.92. The van der Waals surface area contributed by atoms with E-state index in [-0.39, 0.29) is 17.9 Å². The molecule has 1 aliphatic rings. The topological polar surface area (TPSA) is 99.3 Å². The second-order valence-corrected chi connectivity index (χ2v) is 8.20. The highest BCUT2D eigenvalue weighted by atomic mass is 79.9. The predicted molar refractivity (Wildman–Crippen MR) is 113 cm³/mol. The summed E-state index contributed by atoms with van der Waals surface area (Å²) in [5, 5.41) is 5.99. The molecule has 1 fully saturated rings. The number of nitrogens with one attached hydrogen (secondary N) is 3. The number of aromatic amines is 1. The summed E-state index contributed by atoms with van der Waals surface area (Å²) in [5.74, 6) is 0.495. The van der Waals surface area contributed by atoms with Crippen LogP contribution in [0.5, 0.6) is 0 Å². The molecule has 2 atom stereocenters. The number of halogens is 1. The zero-order chi connectivity index (χ0) is 21.0. The first-order valence-electron chi connectivity index (χ1n) is 9.57. The van der Waals surface area contributed by atoms with Crippen LogP contribution in [-0.4, -0.2) is 59.7 Å². The highest BCUT2D eigenvalue weighted by Crippen LogP contribution is 2.26. The molecule has 3 rings (SSSR count). The zero-order valence-electron chi connectivity index (χ0n) is 16.7. The minimum Gasteiger partial charge on any atom is -0.453 e. The van der Waals surface area contributed by atoms with Crippen LogP contribution in [0.25, 0.3) is 11.3 Å². The van der Waals surface area contributed by atoms with E-state index in [0.29, 0.717) is 25.5 Å². The van der Waals surface area contributed by atoms with Gasteiger partial charge in [0.1, 0.15) is 17.9 Å². The number of benzene rings is 1. The van der Waals surface area contributed by atoms with E-state index in [2.05, 4.69) is 36.3 Å². The molecule has 1 aliphatic heterocycles. The van der Waals surface area contributed by atoms with Crippen molar-refractivity contribution in [3.63, 3.8) is 0 Å². The minimum absolute atomic E-state index is 0.0768. The lowest BCUT2D eigenvalue weighted by molar-refractivity contribution is -0.138. The second-order valence-electron chi connectivity index (χ2n) is 7.29. The average molecular weight is 464 g/mol. The van der Waals surface area contributed by atoms with Crippen molar-refractivity contribution in [1.82, 2.24) is 25.5 Å². The Labute approximate surface area is 178 Å². The number of aromatic nitrogens is 2. The molecule has 0 spiro atoms. The van der Waals surface area contributed by atoms with E-state index in [9.17, 15) is 9.59 Å². The quantitative estimate of drug-likeness (QED) is 0.632. The third kappa shape index (κ3) is 4.97. The van der Waals surface area contributed by atoms with Gasteiger partial charge < -0.3 is 25.3 Å². The Hall–Kier alpha value is -2.39. The van der Waals surface area contributed by atoms with Gasteiger partial charge in [-0.05, 0) is 18.1 Å². The number of ether oxygens (including phenoxy) is 1. The summed E-state index contributed by atoms with van der Waals surface area (Å²) in [4.78, 5) is 34.7. The first-order chi connectivity index (χ1) is 13.9. The molecule has 156 valence electrons. The highest BCUT2D eigenvalue weighted by molar-refractivity contribution is 9.10. The van der Waals surface area contributed by atoms with E-state index < -0.39 is 12.1 Å². The molecule has 0 bridgehead atoms. The van der Waals surface area contributed by atoms with Crippen LogP contribution >= 0.6 is 15.9 Å². The number of H-pyrrole nitrogens is 1. The smallest absolute Gasteiger partial charge is 0.407 e. The number of hydrogen-bond acceptors (Lipinski definition) is 5. The van der Waals surface area contributed by atoms with Gasteiger partial charge >= 0.3 is 6.09 Å². The van der Waals surface area contributed by atoms with Crippen molar-refractivity contribution in [3.05, 3.63) is 40.8 Å². The van der Waals surface area contributed by atoms with Gasteiger partial charge in [0, 0.05) is 35.9 Å². The lowest BCUT2D eigenvalue weighted by atomic mass is 10.0. The first kappa shape index (κ1) is 21.3. The van der Waals surface area contributed by atoms with Crippen LogP contribution in [0.1, 0.15) is 25.7 Å². The van der Waals surface area contributed by atoms with Gasteiger partial charge in [-0.25, -0.2) is 9.78 Å². The molecule has 0 radical (unpaired) electrons. The maximum absolute atomic E-state index is 13.3. The van der Waals surface area contributed by atoms with E-state index in [0.717, 1.165) is 15.7 Å². The number of piperazine rings is 1. The number of methoxy groups -OCH3 is 1. The molecule has 0 aliphatic carbocycles. The Morgan fingerprint density at radius 1 is 1.31 bits per heavy atom. The molecule has 9 heteroatoms. The van der Waals surface area contributed by atoms with Crippen molar-refractivity contribution in [3.8, 4) is 11.3 Å². The Bertz CT molecular complexity index is 852. The standard InChI is InChI=1S/C20H26BrN5O3/c1-12(2)17(25-20(28)29-3)19(27)26-9-8-22-11-16(26)18-23-10-15(24-18)13-4-6-14(21)7-5-13/h4-7,10,12,16-17,22H,8-9,11H2,1-3H3,(H,23,24)(H,25,28). The fraction of sp³-hybridized carbons (Fsp3) is 0.450. The molecule has 8 nitrogen and oxygen atoms in total. The molecular formula is C20H26BrN5O3. The molecular weight excluding hydrogens is 438 g/mol. The monoisotopic (exact) mass is 463 g/mol. The lowest BCUT2D eigenvalue weighted by Gasteiger charge is -2.38. The van der Waals surface area contributed by atoms with Crippen molar-refractivity contribution in [2.45, 2.75) is 25.9 Å². The molecule has 2 heterocycles. The fourth-order valence-electron chi connectivity index (χ4n) is 3.37. The first-order valence-corrected chi connectivity index (χ1v) is 10.4. The third-order valence-corrected chi connectivity index (χ3v) is 5.50. The maximum atomic E-state index is 13.3. The molecule has 2 amide bonds. The molecule has 0 saturated carbocycles. The number of carbonyl (C=O) groups excluding carboxylic acids is 2. The molecule has 1 saturated heterocycles. The summed E-state index contributed by atoms with van der Waals surface area (Å²) in [6.45, 7) is 5.60. The van der Waals surface area contributed by atoms with Gasteiger partial charge in [0.05, 0.1) is 12.8 Å². The number of hydrogen-bond donors (Lipinski definition) is 3. The number of amides is 2. The minimum atomic E-state index is -0.663. The van der Waals surface area contributed by atoms with E-state index in [1.165, 1.54) is 7.11 Å². The average Bonchev–Trinajstić information content (AvgIpc) is 3.21.